The van der Waals surface area contributed by atoms with Gasteiger partial charge >= 0.3 is 0 Å². The third-order valence-corrected chi connectivity index (χ3v) is 5.26. The Morgan fingerprint density at radius 1 is 1.33 bits per heavy atom. The second kappa shape index (κ2) is 5.18. The number of pyridine rings is 1. The molecule has 110 valence electrons. The van der Waals surface area contributed by atoms with Crippen LogP contribution in [0.4, 0.5) is 0 Å². The maximum absolute atomic E-state index is 12.7. The number of hydrogen-bond acceptors (Lipinski definition) is 4. The van der Waals surface area contributed by atoms with Crippen molar-refractivity contribution >= 4 is 27.3 Å². The number of imidazole rings is 1. The highest BCUT2D eigenvalue weighted by atomic mass is 35.5. The lowest BCUT2D eigenvalue weighted by molar-refractivity contribution is 0.404. The Labute approximate surface area is 126 Å². The zero-order valence-corrected chi connectivity index (χ0v) is 12.7. The lowest BCUT2D eigenvalue weighted by atomic mass is 10.4. The summed E-state index contributed by atoms with van der Waals surface area (Å²) in [5, 5.41) is -0.0960. The summed E-state index contributed by atoms with van der Waals surface area (Å²) in [7, 11) is -2.32. The Hall–Kier alpha value is -1.83. The molecule has 3 rings (SSSR count). The Morgan fingerprint density at radius 2 is 2.14 bits per heavy atom. The maximum atomic E-state index is 12.7. The predicted octanol–water partition coefficient (Wildman–Crippen LogP) is 2.40. The van der Waals surface area contributed by atoms with Gasteiger partial charge in [0.25, 0.3) is 10.0 Å². The molecule has 0 saturated carbocycles. The van der Waals surface area contributed by atoms with Gasteiger partial charge in [-0.05, 0) is 24.3 Å². The molecule has 0 aliphatic heterocycles. The van der Waals surface area contributed by atoms with E-state index >= 15 is 0 Å². The molecule has 0 saturated heterocycles. The van der Waals surface area contributed by atoms with Gasteiger partial charge in [-0.1, -0.05) is 17.7 Å². The summed E-state index contributed by atoms with van der Waals surface area (Å²) in [5.41, 5.74) is 0.479. The number of halogens is 1. The first-order valence-corrected chi connectivity index (χ1v) is 7.93. The van der Waals surface area contributed by atoms with Gasteiger partial charge in [0.2, 0.25) is 0 Å². The maximum Gasteiger partial charge on any atom is 0.262 e. The van der Waals surface area contributed by atoms with Gasteiger partial charge in [-0.25, -0.2) is 13.4 Å². The molecule has 0 amide bonds. The highest BCUT2D eigenvalue weighted by molar-refractivity contribution is 7.89. The molecule has 0 aromatic carbocycles. The minimum absolute atomic E-state index is 0.0474. The monoisotopic (exact) mass is 325 g/mol. The summed E-state index contributed by atoms with van der Waals surface area (Å²) in [6.07, 6.45) is 3.11. The topological polar surface area (TPSA) is 67.8 Å². The molecule has 0 atom stereocenters. The summed E-state index contributed by atoms with van der Waals surface area (Å²) in [5.74, 6) is 0.547. The van der Waals surface area contributed by atoms with Crippen LogP contribution in [0.2, 0.25) is 5.15 Å². The Balaban J connectivity index is 2.06. The van der Waals surface area contributed by atoms with Gasteiger partial charge in [0.1, 0.15) is 11.4 Å². The molecule has 6 nitrogen and oxygen atoms in total. The highest BCUT2D eigenvalue weighted by Crippen LogP contribution is 2.25. The van der Waals surface area contributed by atoms with Gasteiger partial charge in [-0.3, -0.25) is 4.40 Å². The number of nitrogens with zero attached hydrogens (tertiary/aromatic N) is 3. The highest BCUT2D eigenvalue weighted by Gasteiger charge is 2.29. The zero-order valence-electron chi connectivity index (χ0n) is 11.1. The molecule has 3 aromatic heterocycles. The van der Waals surface area contributed by atoms with Crippen LogP contribution >= 0.6 is 11.6 Å². The summed E-state index contributed by atoms with van der Waals surface area (Å²) >= 11 is 6.02. The van der Waals surface area contributed by atoms with Crippen LogP contribution in [0.25, 0.3) is 5.65 Å². The zero-order chi connectivity index (χ0) is 15.0. The van der Waals surface area contributed by atoms with E-state index in [9.17, 15) is 8.42 Å². The predicted molar refractivity (Wildman–Crippen MR) is 77.6 cm³/mol. The molecule has 0 aliphatic rings. The molecule has 0 N–H and O–H groups in total. The number of fused-ring (bicyclic) bond motifs is 1. The van der Waals surface area contributed by atoms with Gasteiger partial charge in [-0.2, -0.15) is 4.31 Å². The standard InChI is InChI=1S/C13H12ClN3O3S/c1-16(9-10-5-4-8-20-10)21(18,19)13-12(14)15-11-6-2-3-7-17(11)13/h2-8H,9H2,1H3. The molecule has 0 spiro atoms. The molecule has 3 heterocycles. The van der Waals surface area contributed by atoms with Gasteiger partial charge in [-0.15, -0.1) is 0 Å². The normalized spacial score (nSPS) is 12.3. The SMILES string of the molecule is CN(Cc1ccco1)S(=O)(=O)c1c(Cl)nc2ccccn12. The third kappa shape index (κ3) is 2.44. The van der Waals surface area contributed by atoms with Crippen LogP contribution in [0, 0.1) is 0 Å². The van der Waals surface area contributed by atoms with E-state index in [1.807, 2.05) is 0 Å². The van der Waals surface area contributed by atoms with Gasteiger partial charge in [0.15, 0.2) is 10.2 Å². The summed E-state index contributed by atoms with van der Waals surface area (Å²) in [6, 6.07) is 8.59. The summed E-state index contributed by atoms with van der Waals surface area (Å²) in [4.78, 5) is 4.06. The molecule has 21 heavy (non-hydrogen) atoms. The fourth-order valence-electron chi connectivity index (χ4n) is 2.03. The Kier molecular flexibility index (Phi) is 3.48. The molecular formula is C13H12ClN3O3S. The van der Waals surface area contributed by atoms with Crippen molar-refractivity contribution in [2.75, 3.05) is 7.05 Å². The van der Waals surface area contributed by atoms with Gasteiger partial charge in [0, 0.05) is 13.2 Å². The fourth-order valence-corrected chi connectivity index (χ4v) is 3.75. The molecule has 0 bridgehead atoms. The molecular weight excluding hydrogens is 314 g/mol. The molecule has 0 aliphatic carbocycles. The van der Waals surface area contributed by atoms with Gasteiger partial charge < -0.3 is 4.42 Å². The van der Waals surface area contributed by atoms with Crippen molar-refractivity contribution in [2.24, 2.45) is 0 Å². The smallest absolute Gasteiger partial charge is 0.262 e. The van der Waals surface area contributed by atoms with Crippen LogP contribution in [0.3, 0.4) is 0 Å². The third-order valence-electron chi connectivity index (χ3n) is 3.06. The molecule has 3 aromatic rings. The van der Waals surface area contributed by atoms with E-state index in [2.05, 4.69) is 4.98 Å². The van der Waals surface area contributed by atoms with Crippen molar-refractivity contribution in [3.63, 3.8) is 0 Å². The quantitative estimate of drug-likeness (QED) is 0.738. The number of aromatic nitrogens is 2. The fraction of sp³-hybridized carbons (Fsp3) is 0.154. The number of rotatable bonds is 4. The van der Waals surface area contributed by atoms with E-state index in [-0.39, 0.29) is 16.7 Å². The minimum atomic E-state index is -3.79. The lowest BCUT2D eigenvalue weighted by Gasteiger charge is -2.15. The number of sulfonamides is 1. The van der Waals surface area contributed by atoms with Crippen molar-refractivity contribution in [3.05, 3.63) is 53.7 Å². The lowest BCUT2D eigenvalue weighted by Crippen LogP contribution is -2.27. The second-order valence-corrected chi connectivity index (χ2v) is 6.80. The van der Waals surface area contributed by atoms with Crippen LogP contribution in [-0.4, -0.2) is 29.2 Å². The van der Waals surface area contributed by atoms with E-state index in [0.717, 1.165) is 0 Å². The van der Waals surface area contributed by atoms with Crippen LogP contribution in [-0.2, 0) is 16.6 Å². The van der Waals surface area contributed by atoms with Crippen molar-refractivity contribution in [1.29, 1.82) is 0 Å². The second-order valence-electron chi connectivity index (χ2n) is 4.48. The minimum Gasteiger partial charge on any atom is -0.468 e. The summed E-state index contributed by atoms with van der Waals surface area (Å²) < 4.78 is 33.2. The molecule has 0 radical (unpaired) electrons. The first-order valence-electron chi connectivity index (χ1n) is 6.11. The molecule has 0 fully saturated rings. The average Bonchev–Trinajstić information content (AvgIpc) is 3.04. The Bertz CT molecular complexity index is 871. The molecule has 0 unspecified atom stereocenters. The van der Waals surface area contributed by atoms with E-state index in [0.29, 0.717) is 11.4 Å². The van der Waals surface area contributed by atoms with Gasteiger partial charge in [0.05, 0.1) is 12.8 Å². The first-order chi connectivity index (χ1) is 10.00. The van der Waals surface area contributed by atoms with Crippen molar-refractivity contribution in [3.8, 4) is 0 Å². The van der Waals surface area contributed by atoms with E-state index in [4.69, 9.17) is 16.0 Å². The Morgan fingerprint density at radius 3 is 2.86 bits per heavy atom. The van der Waals surface area contributed by atoms with E-state index < -0.39 is 10.0 Å². The van der Waals surface area contributed by atoms with Crippen LogP contribution < -0.4 is 0 Å². The van der Waals surface area contributed by atoms with Crippen molar-refractivity contribution in [2.45, 2.75) is 11.6 Å². The summed E-state index contributed by atoms with van der Waals surface area (Å²) in [6.45, 7) is 0.117. The average molecular weight is 326 g/mol. The van der Waals surface area contributed by atoms with E-state index in [1.54, 1.807) is 36.5 Å². The van der Waals surface area contributed by atoms with Crippen molar-refractivity contribution < 1.29 is 12.8 Å². The first kappa shape index (κ1) is 14.1. The van der Waals surface area contributed by atoms with E-state index in [1.165, 1.54) is 22.0 Å². The number of hydrogen-bond donors (Lipinski definition) is 0. The largest absolute Gasteiger partial charge is 0.468 e. The van der Waals surface area contributed by atoms with Crippen LogP contribution in [0.15, 0.2) is 52.2 Å². The number of furan rings is 1. The molecule has 8 heteroatoms. The van der Waals surface area contributed by atoms with Crippen molar-refractivity contribution in [1.82, 2.24) is 13.7 Å². The van der Waals surface area contributed by atoms with Crippen LogP contribution in [0.5, 0.6) is 0 Å². The van der Waals surface area contributed by atoms with Crippen LogP contribution in [0.1, 0.15) is 5.76 Å².